The number of nitrogens with zero attached hydrogens (tertiary/aromatic N) is 1. The molecule has 2 aliphatic carbocycles. The fraction of sp³-hybridized carbons (Fsp3) is 0.929. The minimum Gasteiger partial charge on any atom is -0.480 e. The second-order valence-electron chi connectivity index (χ2n) is 5.98. The van der Waals surface area contributed by atoms with Crippen LogP contribution in [0.25, 0.3) is 0 Å². The summed E-state index contributed by atoms with van der Waals surface area (Å²) in [6.45, 7) is 3.21. The van der Waals surface area contributed by atoms with E-state index in [0.29, 0.717) is 24.9 Å². The van der Waals surface area contributed by atoms with Crippen LogP contribution in [0.1, 0.15) is 58.3 Å². The van der Waals surface area contributed by atoms with Crippen molar-refractivity contribution in [2.24, 2.45) is 5.73 Å². The Hall–Kier alpha value is -0.610. The largest absolute Gasteiger partial charge is 0.480 e. The lowest BCUT2D eigenvalue weighted by Crippen LogP contribution is -2.49. The standard InChI is InChI=1S/C14H26N2O2/c1-2-16(11-6-4-3-5-7-11)12-8-9-14(15,10-12)13(17)18/h11-12H,2-10,15H2,1H3,(H,17,18). The minimum atomic E-state index is -0.979. The molecule has 2 unspecified atom stereocenters. The number of rotatable bonds is 4. The average Bonchev–Trinajstić information content (AvgIpc) is 2.76. The van der Waals surface area contributed by atoms with Gasteiger partial charge in [0.25, 0.3) is 0 Å². The molecule has 18 heavy (non-hydrogen) atoms. The Morgan fingerprint density at radius 1 is 1.28 bits per heavy atom. The number of nitrogens with two attached hydrogens (primary N) is 1. The van der Waals surface area contributed by atoms with E-state index in [4.69, 9.17) is 5.73 Å². The highest BCUT2D eigenvalue weighted by atomic mass is 16.4. The first kappa shape index (κ1) is 13.8. The van der Waals surface area contributed by atoms with Gasteiger partial charge in [-0.1, -0.05) is 26.2 Å². The maximum Gasteiger partial charge on any atom is 0.323 e. The summed E-state index contributed by atoms with van der Waals surface area (Å²) in [5.41, 5.74) is 5.01. The number of aliphatic carboxylic acids is 1. The van der Waals surface area contributed by atoms with Crippen molar-refractivity contribution in [1.82, 2.24) is 4.90 Å². The SMILES string of the molecule is CCN(C1CCCCC1)C1CCC(N)(C(=O)O)C1. The van der Waals surface area contributed by atoms with Gasteiger partial charge in [0, 0.05) is 12.1 Å². The van der Waals surface area contributed by atoms with Crippen molar-refractivity contribution >= 4 is 5.97 Å². The summed E-state index contributed by atoms with van der Waals surface area (Å²) in [5, 5.41) is 9.21. The number of carbonyl (C=O) groups is 1. The molecule has 0 aromatic heterocycles. The molecule has 0 amide bonds. The zero-order chi connectivity index (χ0) is 13.2. The summed E-state index contributed by atoms with van der Waals surface area (Å²) in [4.78, 5) is 13.7. The van der Waals surface area contributed by atoms with Crippen molar-refractivity contribution in [2.45, 2.75) is 75.9 Å². The van der Waals surface area contributed by atoms with Crippen molar-refractivity contribution in [3.8, 4) is 0 Å². The highest BCUT2D eigenvalue weighted by Gasteiger charge is 2.44. The fourth-order valence-corrected chi connectivity index (χ4v) is 3.75. The Morgan fingerprint density at radius 3 is 2.44 bits per heavy atom. The topological polar surface area (TPSA) is 66.6 Å². The molecule has 2 saturated carbocycles. The molecule has 0 heterocycles. The molecule has 0 aromatic rings. The molecule has 0 aromatic carbocycles. The van der Waals surface area contributed by atoms with Crippen LogP contribution >= 0.6 is 0 Å². The van der Waals surface area contributed by atoms with Crippen LogP contribution in [0.3, 0.4) is 0 Å². The zero-order valence-corrected chi connectivity index (χ0v) is 11.4. The van der Waals surface area contributed by atoms with E-state index in [0.717, 1.165) is 13.0 Å². The molecular weight excluding hydrogens is 228 g/mol. The van der Waals surface area contributed by atoms with Crippen LogP contribution in [0, 0.1) is 0 Å². The van der Waals surface area contributed by atoms with Crippen LogP contribution in [-0.4, -0.2) is 40.1 Å². The van der Waals surface area contributed by atoms with Crippen LogP contribution in [0.5, 0.6) is 0 Å². The summed E-state index contributed by atoms with van der Waals surface area (Å²) in [7, 11) is 0. The summed E-state index contributed by atoms with van der Waals surface area (Å²) >= 11 is 0. The summed E-state index contributed by atoms with van der Waals surface area (Å²) in [6, 6.07) is 1.03. The first-order chi connectivity index (χ1) is 8.57. The van der Waals surface area contributed by atoms with E-state index in [2.05, 4.69) is 11.8 Å². The molecule has 3 N–H and O–H groups in total. The third-order valence-electron chi connectivity index (χ3n) is 4.83. The molecule has 0 saturated heterocycles. The molecule has 4 heteroatoms. The van der Waals surface area contributed by atoms with Crippen molar-refractivity contribution in [3.63, 3.8) is 0 Å². The van der Waals surface area contributed by atoms with Crippen LogP contribution in [-0.2, 0) is 4.79 Å². The van der Waals surface area contributed by atoms with Crippen LogP contribution < -0.4 is 5.73 Å². The number of carboxylic acid groups (broad SMARTS) is 1. The zero-order valence-electron chi connectivity index (χ0n) is 11.4. The number of carboxylic acids is 1. The van der Waals surface area contributed by atoms with Gasteiger partial charge in [0.2, 0.25) is 0 Å². The Kier molecular flexibility index (Phi) is 4.28. The lowest BCUT2D eigenvalue weighted by molar-refractivity contribution is -0.143. The van der Waals surface area contributed by atoms with Crippen molar-refractivity contribution in [3.05, 3.63) is 0 Å². The predicted octanol–water partition coefficient (Wildman–Crippen LogP) is 1.98. The van der Waals surface area contributed by atoms with Gasteiger partial charge in [-0.05, 0) is 38.6 Å². The predicted molar refractivity (Wildman–Crippen MR) is 71.4 cm³/mol. The smallest absolute Gasteiger partial charge is 0.323 e. The van der Waals surface area contributed by atoms with E-state index in [1.807, 2.05) is 0 Å². The normalized spacial score (nSPS) is 34.1. The molecule has 0 spiro atoms. The van der Waals surface area contributed by atoms with Gasteiger partial charge in [0.05, 0.1) is 0 Å². The van der Waals surface area contributed by atoms with Crippen molar-refractivity contribution in [2.75, 3.05) is 6.54 Å². The van der Waals surface area contributed by atoms with Gasteiger partial charge in [-0.2, -0.15) is 0 Å². The van der Waals surface area contributed by atoms with E-state index in [1.165, 1.54) is 32.1 Å². The molecule has 2 rings (SSSR count). The van der Waals surface area contributed by atoms with Crippen LogP contribution in [0.15, 0.2) is 0 Å². The molecule has 2 fully saturated rings. The lowest BCUT2D eigenvalue weighted by atomic mass is 9.92. The summed E-state index contributed by atoms with van der Waals surface area (Å²) in [5.74, 6) is -0.829. The highest BCUT2D eigenvalue weighted by Crippen LogP contribution is 2.35. The number of hydrogen-bond acceptors (Lipinski definition) is 3. The van der Waals surface area contributed by atoms with Crippen LogP contribution in [0.4, 0.5) is 0 Å². The second kappa shape index (κ2) is 5.57. The van der Waals surface area contributed by atoms with E-state index < -0.39 is 11.5 Å². The Morgan fingerprint density at radius 2 is 1.94 bits per heavy atom. The van der Waals surface area contributed by atoms with Gasteiger partial charge >= 0.3 is 5.97 Å². The Labute approximate surface area is 110 Å². The maximum absolute atomic E-state index is 11.2. The van der Waals surface area contributed by atoms with E-state index in [-0.39, 0.29) is 0 Å². The van der Waals surface area contributed by atoms with Gasteiger partial charge in [-0.25, -0.2) is 0 Å². The van der Waals surface area contributed by atoms with Gasteiger partial charge in [-0.15, -0.1) is 0 Å². The monoisotopic (exact) mass is 254 g/mol. The molecule has 0 bridgehead atoms. The lowest BCUT2D eigenvalue weighted by Gasteiger charge is -2.38. The molecule has 2 atom stereocenters. The summed E-state index contributed by atoms with van der Waals surface area (Å²) in [6.07, 6.45) is 8.72. The number of hydrogen-bond donors (Lipinski definition) is 2. The average molecular weight is 254 g/mol. The highest BCUT2D eigenvalue weighted by molar-refractivity contribution is 5.79. The van der Waals surface area contributed by atoms with E-state index in [9.17, 15) is 9.90 Å². The molecule has 0 aliphatic heterocycles. The van der Waals surface area contributed by atoms with Crippen LogP contribution in [0.2, 0.25) is 0 Å². The van der Waals surface area contributed by atoms with E-state index in [1.54, 1.807) is 0 Å². The molecule has 4 nitrogen and oxygen atoms in total. The van der Waals surface area contributed by atoms with Gasteiger partial charge in [0.1, 0.15) is 5.54 Å². The minimum absolute atomic E-state index is 0.374. The van der Waals surface area contributed by atoms with Crippen molar-refractivity contribution in [1.29, 1.82) is 0 Å². The molecule has 104 valence electrons. The second-order valence-corrected chi connectivity index (χ2v) is 5.98. The third-order valence-corrected chi connectivity index (χ3v) is 4.83. The Bertz CT molecular complexity index is 302. The quantitative estimate of drug-likeness (QED) is 0.805. The summed E-state index contributed by atoms with van der Waals surface area (Å²) < 4.78 is 0. The Balaban J connectivity index is 1.99. The van der Waals surface area contributed by atoms with Gasteiger partial charge in [0.15, 0.2) is 0 Å². The maximum atomic E-state index is 11.2. The third kappa shape index (κ3) is 2.69. The van der Waals surface area contributed by atoms with Gasteiger partial charge in [-0.3, -0.25) is 9.69 Å². The first-order valence-corrected chi connectivity index (χ1v) is 7.35. The van der Waals surface area contributed by atoms with Crippen molar-refractivity contribution < 1.29 is 9.90 Å². The molecule has 0 radical (unpaired) electrons. The van der Waals surface area contributed by atoms with Gasteiger partial charge < -0.3 is 10.8 Å². The molecular formula is C14H26N2O2. The fourth-order valence-electron chi connectivity index (χ4n) is 3.75. The van der Waals surface area contributed by atoms with E-state index >= 15 is 0 Å². The molecule has 2 aliphatic rings. The first-order valence-electron chi connectivity index (χ1n) is 7.35.